The molecule has 2 amide bonds. The Hall–Kier alpha value is -3.30. The normalized spacial score (nSPS) is 16.2. The van der Waals surface area contributed by atoms with Crippen LogP contribution in [0.15, 0.2) is 77.7 Å². The first kappa shape index (κ1) is 24.8. The monoisotopic (exact) mass is 499 g/mol. The van der Waals surface area contributed by atoms with Gasteiger partial charge in [0.25, 0.3) is 5.92 Å². The fourth-order valence-electron chi connectivity index (χ4n) is 4.20. The van der Waals surface area contributed by atoms with E-state index in [1.165, 1.54) is 35.2 Å². The number of fused-ring (bicyclic) bond motifs is 1. The second kappa shape index (κ2) is 9.75. The average molecular weight is 500 g/mol. The number of carbonyl (C=O) groups excluding carboxylic acids is 1. The highest BCUT2D eigenvalue weighted by Crippen LogP contribution is 2.37. The zero-order valence-electron chi connectivity index (χ0n) is 19.5. The van der Waals surface area contributed by atoms with Crippen LogP contribution in [0.5, 0.6) is 0 Å². The van der Waals surface area contributed by atoms with Crippen LogP contribution in [0.25, 0.3) is 0 Å². The third kappa shape index (κ3) is 5.86. The van der Waals surface area contributed by atoms with Gasteiger partial charge >= 0.3 is 6.03 Å². The summed E-state index contributed by atoms with van der Waals surface area (Å²) in [6, 6.07) is 19.1. The van der Waals surface area contributed by atoms with Gasteiger partial charge in [0.05, 0.1) is 23.2 Å². The molecule has 9 heteroatoms. The zero-order chi connectivity index (χ0) is 25.2. The summed E-state index contributed by atoms with van der Waals surface area (Å²) < 4.78 is 54.8. The smallest absolute Gasteiger partial charge is 0.319 e. The topological polar surface area (TPSA) is 78.5 Å². The number of nitrogens with zero attached hydrogens (tertiary/aromatic N) is 1. The van der Waals surface area contributed by atoms with Crippen molar-refractivity contribution in [2.75, 3.05) is 18.9 Å². The summed E-state index contributed by atoms with van der Waals surface area (Å²) in [5.41, 5.74) is 2.08. The molecule has 0 radical (unpaired) electrons. The summed E-state index contributed by atoms with van der Waals surface area (Å²) in [6.07, 6.45) is 0. The standard InChI is InChI=1S/C26H27F2N3O3S/c1-18(20-6-4-3-5-7-20)29-25(32)30-22-10-12-23(13-11-22)35(33,34)16-19-8-9-21-15-31(2)17-26(27,28)24(21)14-19/h3-14,18H,15-17H2,1-2H3,(H2,29,30,32). The van der Waals surface area contributed by atoms with E-state index >= 15 is 0 Å². The maximum absolute atomic E-state index is 14.5. The van der Waals surface area contributed by atoms with E-state index in [1.54, 1.807) is 19.2 Å². The number of nitrogens with one attached hydrogen (secondary N) is 2. The molecule has 3 aromatic carbocycles. The number of likely N-dealkylation sites (N-methyl/N-ethyl adjacent to an activating group) is 1. The number of carbonyl (C=O) groups is 1. The Bertz CT molecular complexity index is 1310. The van der Waals surface area contributed by atoms with Crippen molar-refractivity contribution in [3.8, 4) is 0 Å². The number of alkyl halides is 2. The van der Waals surface area contributed by atoms with Gasteiger partial charge in [-0.05, 0) is 61.0 Å². The Balaban J connectivity index is 1.42. The number of hydrogen-bond donors (Lipinski definition) is 2. The van der Waals surface area contributed by atoms with Gasteiger partial charge in [0.1, 0.15) is 0 Å². The van der Waals surface area contributed by atoms with Crippen LogP contribution in [0.3, 0.4) is 0 Å². The molecule has 1 heterocycles. The van der Waals surface area contributed by atoms with Crippen LogP contribution in [0.1, 0.15) is 35.2 Å². The Labute approximate surface area is 203 Å². The van der Waals surface area contributed by atoms with Crippen molar-refractivity contribution in [2.24, 2.45) is 0 Å². The molecule has 0 saturated heterocycles. The molecule has 0 fully saturated rings. The first-order valence-electron chi connectivity index (χ1n) is 11.2. The van der Waals surface area contributed by atoms with Crippen molar-refractivity contribution in [3.05, 3.63) is 95.1 Å². The first-order chi connectivity index (χ1) is 16.5. The lowest BCUT2D eigenvalue weighted by Crippen LogP contribution is -2.38. The SMILES string of the molecule is CC(NC(=O)Nc1ccc(S(=O)(=O)Cc2ccc3c(c2)C(F)(F)CN(C)C3)cc1)c1ccccc1. The van der Waals surface area contributed by atoms with E-state index in [4.69, 9.17) is 0 Å². The molecule has 0 bridgehead atoms. The van der Waals surface area contributed by atoms with Crippen LogP contribution >= 0.6 is 0 Å². The molecule has 3 aromatic rings. The second-order valence-electron chi connectivity index (χ2n) is 8.88. The maximum Gasteiger partial charge on any atom is 0.319 e. The molecule has 6 nitrogen and oxygen atoms in total. The van der Waals surface area contributed by atoms with Crippen molar-refractivity contribution in [2.45, 2.75) is 36.1 Å². The van der Waals surface area contributed by atoms with Gasteiger partial charge in [0.15, 0.2) is 9.84 Å². The number of urea groups is 1. The third-order valence-electron chi connectivity index (χ3n) is 5.95. The number of sulfone groups is 1. The summed E-state index contributed by atoms with van der Waals surface area (Å²) >= 11 is 0. The highest BCUT2D eigenvalue weighted by atomic mass is 32.2. The number of amides is 2. The fourth-order valence-corrected chi connectivity index (χ4v) is 5.54. The lowest BCUT2D eigenvalue weighted by Gasteiger charge is -2.32. The number of benzene rings is 3. The Morgan fingerprint density at radius 1 is 1.06 bits per heavy atom. The van der Waals surface area contributed by atoms with Gasteiger partial charge in [-0.1, -0.05) is 42.5 Å². The van der Waals surface area contributed by atoms with Gasteiger partial charge in [-0.2, -0.15) is 8.78 Å². The average Bonchev–Trinajstić information content (AvgIpc) is 2.79. The van der Waals surface area contributed by atoms with Crippen LogP contribution in [0.2, 0.25) is 0 Å². The van der Waals surface area contributed by atoms with E-state index in [0.717, 1.165) is 5.56 Å². The van der Waals surface area contributed by atoms with Gasteiger partial charge in [-0.25, -0.2) is 13.2 Å². The van der Waals surface area contributed by atoms with Crippen molar-refractivity contribution in [1.82, 2.24) is 10.2 Å². The van der Waals surface area contributed by atoms with E-state index < -0.39 is 34.1 Å². The Morgan fingerprint density at radius 2 is 1.74 bits per heavy atom. The lowest BCUT2D eigenvalue weighted by molar-refractivity contribution is -0.0455. The summed E-state index contributed by atoms with van der Waals surface area (Å²) in [4.78, 5) is 13.9. The number of anilines is 1. The number of rotatable bonds is 6. The largest absolute Gasteiger partial charge is 0.331 e. The van der Waals surface area contributed by atoms with E-state index in [9.17, 15) is 22.0 Å². The zero-order valence-corrected chi connectivity index (χ0v) is 20.3. The quantitative estimate of drug-likeness (QED) is 0.496. The van der Waals surface area contributed by atoms with Crippen LogP contribution in [0.4, 0.5) is 19.3 Å². The summed E-state index contributed by atoms with van der Waals surface area (Å²) in [5, 5.41) is 5.51. The molecule has 184 valence electrons. The van der Waals surface area contributed by atoms with E-state index in [1.807, 2.05) is 37.3 Å². The van der Waals surface area contributed by atoms with Gasteiger partial charge in [0.2, 0.25) is 0 Å². The van der Waals surface area contributed by atoms with Crippen molar-refractivity contribution >= 4 is 21.6 Å². The molecule has 1 unspecified atom stereocenters. The highest BCUT2D eigenvalue weighted by Gasteiger charge is 2.39. The minimum Gasteiger partial charge on any atom is -0.331 e. The van der Waals surface area contributed by atoms with E-state index in [2.05, 4.69) is 10.6 Å². The molecular weight excluding hydrogens is 472 g/mol. The molecule has 4 rings (SSSR count). The lowest BCUT2D eigenvalue weighted by atomic mass is 9.95. The van der Waals surface area contributed by atoms with Crippen molar-refractivity contribution < 1.29 is 22.0 Å². The van der Waals surface area contributed by atoms with Gasteiger partial charge in [-0.15, -0.1) is 0 Å². The first-order valence-corrected chi connectivity index (χ1v) is 12.8. The number of halogens is 2. The minimum atomic E-state index is -3.77. The Morgan fingerprint density at radius 3 is 2.43 bits per heavy atom. The maximum atomic E-state index is 14.5. The van der Waals surface area contributed by atoms with Gasteiger partial charge in [0, 0.05) is 17.8 Å². The second-order valence-corrected chi connectivity index (χ2v) is 10.9. The van der Waals surface area contributed by atoms with Crippen molar-refractivity contribution in [1.29, 1.82) is 0 Å². The molecule has 0 spiro atoms. The minimum absolute atomic E-state index is 0.0466. The molecule has 0 aliphatic carbocycles. The van der Waals surface area contributed by atoms with Gasteiger partial charge < -0.3 is 10.6 Å². The molecule has 1 aliphatic rings. The molecule has 1 atom stereocenters. The van der Waals surface area contributed by atoms with Crippen LogP contribution in [-0.4, -0.2) is 32.9 Å². The Kier molecular flexibility index (Phi) is 6.91. The van der Waals surface area contributed by atoms with Crippen LogP contribution < -0.4 is 10.6 Å². The van der Waals surface area contributed by atoms with Crippen LogP contribution in [-0.2, 0) is 28.1 Å². The predicted octanol–water partition coefficient (Wildman–Crippen LogP) is 5.08. The molecule has 1 aliphatic heterocycles. The van der Waals surface area contributed by atoms with Crippen LogP contribution in [0, 0.1) is 0 Å². The number of hydrogen-bond acceptors (Lipinski definition) is 4. The molecule has 0 saturated carbocycles. The fraction of sp³-hybridized carbons (Fsp3) is 0.269. The molecule has 35 heavy (non-hydrogen) atoms. The summed E-state index contributed by atoms with van der Waals surface area (Å²) in [5.74, 6) is -3.43. The van der Waals surface area contributed by atoms with Crippen molar-refractivity contribution in [3.63, 3.8) is 0 Å². The third-order valence-corrected chi connectivity index (χ3v) is 7.66. The van der Waals surface area contributed by atoms with E-state index in [-0.39, 0.29) is 16.5 Å². The predicted molar refractivity (Wildman–Crippen MR) is 131 cm³/mol. The molecule has 0 aromatic heterocycles. The summed E-state index contributed by atoms with van der Waals surface area (Å²) in [6.45, 7) is 1.85. The van der Waals surface area contributed by atoms with E-state index in [0.29, 0.717) is 23.4 Å². The summed E-state index contributed by atoms with van der Waals surface area (Å²) in [7, 11) is -2.15. The highest BCUT2D eigenvalue weighted by molar-refractivity contribution is 7.90. The van der Waals surface area contributed by atoms with Gasteiger partial charge in [-0.3, -0.25) is 4.90 Å². The molecular formula is C26H27F2N3O3S. The molecule has 2 N–H and O–H groups in total.